The van der Waals surface area contributed by atoms with Gasteiger partial charge in [-0.15, -0.1) is 0 Å². The molecule has 4 heteroatoms. The van der Waals surface area contributed by atoms with Gasteiger partial charge in [-0.2, -0.15) is 0 Å². The predicted molar refractivity (Wildman–Crippen MR) is 98.0 cm³/mol. The van der Waals surface area contributed by atoms with Crippen LogP contribution in [-0.4, -0.2) is 22.2 Å². The van der Waals surface area contributed by atoms with E-state index in [0.29, 0.717) is 25.7 Å². The smallest absolute Gasteiger partial charge is 0.310 e. The van der Waals surface area contributed by atoms with E-state index in [4.69, 9.17) is 0 Å². The van der Waals surface area contributed by atoms with Crippen molar-refractivity contribution in [1.82, 2.24) is 0 Å². The van der Waals surface area contributed by atoms with Crippen LogP contribution < -0.4 is 0 Å². The second-order valence-electron chi connectivity index (χ2n) is 8.57. The molecule has 0 spiro atoms. The van der Waals surface area contributed by atoms with Crippen LogP contribution >= 0.6 is 0 Å². The quantitative estimate of drug-likeness (QED) is 0.523. The van der Waals surface area contributed by atoms with Gasteiger partial charge in [-0.1, -0.05) is 67.7 Å². The molecule has 0 aliphatic carbocycles. The summed E-state index contributed by atoms with van der Waals surface area (Å²) in [5.41, 5.74) is -1.23. The van der Waals surface area contributed by atoms with Crippen molar-refractivity contribution in [2.75, 3.05) is 0 Å². The highest BCUT2D eigenvalue weighted by atomic mass is 16.4. The zero-order chi connectivity index (χ0) is 19.1. The minimum absolute atomic E-state index is 0.0359. The first-order valence-electron chi connectivity index (χ1n) is 9.42. The van der Waals surface area contributed by atoms with Crippen molar-refractivity contribution in [3.8, 4) is 0 Å². The molecule has 0 radical (unpaired) electrons. The Balaban J connectivity index is 6.01. The molecule has 24 heavy (non-hydrogen) atoms. The fourth-order valence-electron chi connectivity index (χ4n) is 4.23. The predicted octanol–water partition coefficient (Wildman–Crippen LogP) is 5.46. The fraction of sp³-hybridized carbons (Fsp3) is 0.900. The fourth-order valence-corrected chi connectivity index (χ4v) is 4.23. The lowest BCUT2D eigenvalue weighted by Gasteiger charge is -2.43. The van der Waals surface area contributed by atoms with Crippen molar-refractivity contribution >= 4 is 11.9 Å². The first-order valence-corrected chi connectivity index (χ1v) is 9.42. The van der Waals surface area contributed by atoms with Gasteiger partial charge >= 0.3 is 11.9 Å². The van der Waals surface area contributed by atoms with Crippen molar-refractivity contribution in [3.63, 3.8) is 0 Å². The van der Waals surface area contributed by atoms with Gasteiger partial charge in [0.1, 0.15) is 0 Å². The third kappa shape index (κ3) is 5.78. The van der Waals surface area contributed by atoms with Crippen LogP contribution in [0.3, 0.4) is 0 Å². The van der Waals surface area contributed by atoms with Gasteiger partial charge in [0.05, 0.1) is 11.3 Å². The Morgan fingerprint density at radius 3 is 1.79 bits per heavy atom. The van der Waals surface area contributed by atoms with Crippen LogP contribution in [0.2, 0.25) is 0 Å². The van der Waals surface area contributed by atoms with E-state index < -0.39 is 23.3 Å². The Morgan fingerprint density at radius 2 is 1.50 bits per heavy atom. The van der Waals surface area contributed by atoms with Gasteiger partial charge in [0.25, 0.3) is 0 Å². The van der Waals surface area contributed by atoms with Crippen LogP contribution in [0.5, 0.6) is 0 Å². The molecule has 0 fully saturated rings. The van der Waals surface area contributed by atoms with Crippen LogP contribution in [0.15, 0.2) is 0 Å². The number of hydrogen-bond acceptors (Lipinski definition) is 2. The van der Waals surface area contributed by atoms with Gasteiger partial charge in [-0.3, -0.25) is 9.59 Å². The van der Waals surface area contributed by atoms with Gasteiger partial charge in [0, 0.05) is 0 Å². The van der Waals surface area contributed by atoms with Crippen molar-refractivity contribution in [1.29, 1.82) is 0 Å². The topological polar surface area (TPSA) is 74.6 Å². The zero-order valence-corrected chi connectivity index (χ0v) is 16.7. The Kier molecular flexibility index (Phi) is 9.01. The van der Waals surface area contributed by atoms with E-state index in [1.807, 2.05) is 27.7 Å². The summed E-state index contributed by atoms with van der Waals surface area (Å²) in [4.78, 5) is 24.5. The summed E-state index contributed by atoms with van der Waals surface area (Å²) >= 11 is 0. The average Bonchev–Trinajstić information content (AvgIpc) is 2.44. The lowest BCUT2D eigenvalue weighted by atomic mass is 9.59. The molecule has 142 valence electrons. The number of carboxylic acids is 2. The standard InChI is InChI=1S/C20H38O4/c1-8-11-20(18(23)24,14(4)13-19(5,6)7)16(17(21)22)12-15(9-2)10-3/h14-16H,8-13H2,1-7H3,(H,21,22)(H,23,24). The summed E-state index contributed by atoms with van der Waals surface area (Å²) < 4.78 is 0. The minimum Gasteiger partial charge on any atom is -0.481 e. The van der Waals surface area contributed by atoms with Gasteiger partial charge < -0.3 is 10.2 Å². The molecule has 0 aliphatic heterocycles. The maximum atomic E-state index is 12.4. The van der Waals surface area contributed by atoms with Crippen LogP contribution in [0.1, 0.15) is 87.0 Å². The number of carbonyl (C=O) groups is 2. The van der Waals surface area contributed by atoms with Gasteiger partial charge in [-0.05, 0) is 36.5 Å². The van der Waals surface area contributed by atoms with E-state index in [0.717, 1.165) is 12.8 Å². The Hall–Kier alpha value is -1.06. The second-order valence-corrected chi connectivity index (χ2v) is 8.57. The van der Waals surface area contributed by atoms with E-state index in [1.54, 1.807) is 0 Å². The molecule has 0 saturated carbocycles. The lowest BCUT2D eigenvalue weighted by molar-refractivity contribution is -0.170. The second kappa shape index (κ2) is 9.43. The van der Waals surface area contributed by atoms with Crippen LogP contribution in [0.4, 0.5) is 0 Å². The first kappa shape index (κ1) is 22.9. The molecule has 0 amide bonds. The monoisotopic (exact) mass is 342 g/mol. The normalized spacial score (nSPS) is 17.3. The molecular weight excluding hydrogens is 304 g/mol. The van der Waals surface area contributed by atoms with Gasteiger partial charge in [0.2, 0.25) is 0 Å². The van der Waals surface area contributed by atoms with Crippen molar-refractivity contribution in [3.05, 3.63) is 0 Å². The Morgan fingerprint density at radius 1 is 1.00 bits per heavy atom. The molecule has 4 nitrogen and oxygen atoms in total. The highest BCUT2D eigenvalue weighted by Gasteiger charge is 2.53. The molecule has 0 aromatic rings. The number of carboxylic acid groups (broad SMARTS) is 2. The third-order valence-electron chi connectivity index (χ3n) is 5.50. The summed E-state index contributed by atoms with van der Waals surface area (Å²) in [5, 5.41) is 20.0. The lowest BCUT2D eigenvalue weighted by Crippen LogP contribution is -2.49. The molecule has 0 heterocycles. The van der Waals surface area contributed by atoms with E-state index in [1.165, 1.54) is 0 Å². The summed E-state index contributed by atoms with van der Waals surface area (Å²) in [6, 6.07) is 0. The number of hydrogen-bond donors (Lipinski definition) is 2. The Bertz CT molecular complexity index is 406. The summed E-state index contributed by atoms with van der Waals surface area (Å²) in [7, 11) is 0. The van der Waals surface area contributed by atoms with Crippen LogP contribution in [0, 0.1) is 28.6 Å². The van der Waals surface area contributed by atoms with Crippen LogP contribution in [-0.2, 0) is 9.59 Å². The first-order chi connectivity index (χ1) is 11.0. The highest BCUT2D eigenvalue weighted by Crippen LogP contribution is 2.48. The van der Waals surface area contributed by atoms with Crippen LogP contribution in [0.25, 0.3) is 0 Å². The van der Waals surface area contributed by atoms with Crippen molar-refractivity contribution in [2.45, 2.75) is 87.0 Å². The maximum Gasteiger partial charge on any atom is 0.310 e. The Labute approximate surface area is 148 Å². The molecule has 0 saturated heterocycles. The molecule has 3 atom stereocenters. The van der Waals surface area contributed by atoms with E-state index in [-0.39, 0.29) is 17.3 Å². The molecular formula is C20H38O4. The number of rotatable bonds is 11. The average molecular weight is 343 g/mol. The molecule has 0 bridgehead atoms. The zero-order valence-electron chi connectivity index (χ0n) is 16.7. The summed E-state index contributed by atoms with van der Waals surface area (Å²) in [6.07, 6.45) is 4.00. The van der Waals surface area contributed by atoms with Gasteiger partial charge in [-0.25, -0.2) is 0 Å². The SMILES string of the molecule is CCCC(C(=O)O)(C(C)CC(C)(C)C)C(CC(CC)CC)C(=O)O. The van der Waals surface area contributed by atoms with E-state index in [9.17, 15) is 19.8 Å². The molecule has 0 rings (SSSR count). The molecule has 3 unspecified atom stereocenters. The van der Waals surface area contributed by atoms with Crippen molar-refractivity contribution in [2.24, 2.45) is 28.6 Å². The largest absolute Gasteiger partial charge is 0.481 e. The molecule has 0 aromatic heterocycles. The highest BCUT2D eigenvalue weighted by molar-refractivity contribution is 5.83. The summed E-state index contributed by atoms with van der Waals surface area (Å²) in [6.45, 7) is 14.2. The minimum atomic E-state index is -1.20. The maximum absolute atomic E-state index is 12.4. The summed E-state index contributed by atoms with van der Waals surface area (Å²) in [5.74, 6) is -2.68. The molecule has 2 N–H and O–H groups in total. The van der Waals surface area contributed by atoms with Crippen molar-refractivity contribution < 1.29 is 19.8 Å². The van der Waals surface area contributed by atoms with E-state index in [2.05, 4.69) is 20.8 Å². The molecule has 0 aromatic carbocycles. The third-order valence-corrected chi connectivity index (χ3v) is 5.50. The van der Waals surface area contributed by atoms with E-state index >= 15 is 0 Å². The number of aliphatic carboxylic acids is 2. The molecule has 0 aliphatic rings. The van der Waals surface area contributed by atoms with Gasteiger partial charge in [0.15, 0.2) is 0 Å².